The van der Waals surface area contributed by atoms with Crippen molar-refractivity contribution in [3.63, 3.8) is 0 Å². The van der Waals surface area contributed by atoms with E-state index in [0.717, 1.165) is 0 Å². The number of carbonyl (C=O) groups is 1. The summed E-state index contributed by atoms with van der Waals surface area (Å²) in [6, 6.07) is -0.673. The molecule has 14 heavy (non-hydrogen) atoms. The average Bonchev–Trinajstić information content (AvgIpc) is 2.03. The lowest BCUT2D eigenvalue weighted by molar-refractivity contribution is -0.138. The van der Waals surface area contributed by atoms with Crippen molar-refractivity contribution in [1.82, 2.24) is 10.6 Å². The van der Waals surface area contributed by atoms with Crippen LogP contribution in [0.1, 0.15) is 13.8 Å². The van der Waals surface area contributed by atoms with Crippen molar-refractivity contribution in [3.05, 3.63) is 36.8 Å². The molecule has 0 rings (SSSR count). The highest BCUT2D eigenvalue weighted by atomic mass is 16.4. The first-order valence-corrected chi connectivity index (χ1v) is 4.24. The fourth-order valence-electron chi connectivity index (χ4n) is 0.796. The van der Waals surface area contributed by atoms with Crippen molar-refractivity contribution in [3.8, 4) is 0 Å². The number of hydrogen-bond donors (Lipinski definition) is 3. The van der Waals surface area contributed by atoms with Gasteiger partial charge in [0.05, 0.1) is 5.82 Å². The maximum Gasteiger partial charge on any atom is 0.325 e. The second-order valence-electron chi connectivity index (χ2n) is 2.83. The summed E-state index contributed by atoms with van der Waals surface area (Å²) < 4.78 is 0. The quantitative estimate of drug-likeness (QED) is 0.559. The minimum Gasteiger partial charge on any atom is -0.480 e. The van der Waals surface area contributed by atoms with Crippen LogP contribution in [-0.2, 0) is 4.79 Å². The third-order valence-electron chi connectivity index (χ3n) is 1.44. The predicted molar refractivity (Wildman–Crippen MR) is 56.5 cm³/mol. The number of carboxylic acid groups (broad SMARTS) is 1. The highest BCUT2D eigenvalue weighted by molar-refractivity contribution is 5.73. The van der Waals surface area contributed by atoms with E-state index in [4.69, 9.17) is 5.11 Å². The third kappa shape index (κ3) is 5.03. The van der Waals surface area contributed by atoms with E-state index in [9.17, 15) is 4.79 Å². The highest BCUT2D eigenvalue weighted by Crippen LogP contribution is 1.92. The largest absolute Gasteiger partial charge is 0.480 e. The standard InChI is InChI=1S/C10H16N2O2/c1-5-6-7(2)11-9(4)12-8(3)10(13)14/h5-6,8,11-12H,2,4H2,1,3H3,(H,13,14)/b6-5-/t8-/m0/s1. The highest BCUT2D eigenvalue weighted by Gasteiger charge is 2.09. The Morgan fingerprint density at radius 3 is 2.50 bits per heavy atom. The van der Waals surface area contributed by atoms with Gasteiger partial charge in [0.25, 0.3) is 0 Å². The SMILES string of the molecule is C=C(/C=C\C)NC(=C)N[C@@H](C)C(=O)O. The Balaban J connectivity index is 3.99. The van der Waals surface area contributed by atoms with Crippen LogP contribution in [0.15, 0.2) is 36.8 Å². The lowest BCUT2D eigenvalue weighted by Gasteiger charge is -2.14. The summed E-state index contributed by atoms with van der Waals surface area (Å²) in [4.78, 5) is 10.5. The zero-order valence-corrected chi connectivity index (χ0v) is 8.50. The molecule has 0 bridgehead atoms. The number of nitrogens with one attached hydrogen (secondary N) is 2. The van der Waals surface area contributed by atoms with Crippen LogP contribution in [0.25, 0.3) is 0 Å². The second-order valence-corrected chi connectivity index (χ2v) is 2.83. The molecule has 0 aliphatic heterocycles. The average molecular weight is 196 g/mol. The third-order valence-corrected chi connectivity index (χ3v) is 1.44. The Labute approximate surface area is 84.0 Å². The fourth-order valence-corrected chi connectivity index (χ4v) is 0.796. The number of rotatable bonds is 6. The molecular formula is C10H16N2O2. The van der Waals surface area contributed by atoms with E-state index in [0.29, 0.717) is 11.5 Å². The van der Waals surface area contributed by atoms with Gasteiger partial charge in [-0.1, -0.05) is 19.2 Å². The minimum atomic E-state index is -0.926. The van der Waals surface area contributed by atoms with Crippen LogP contribution in [0.3, 0.4) is 0 Å². The van der Waals surface area contributed by atoms with Crippen LogP contribution in [0, 0.1) is 0 Å². The van der Waals surface area contributed by atoms with Gasteiger partial charge in [0, 0.05) is 5.70 Å². The van der Waals surface area contributed by atoms with Crippen LogP contribution in [-0.4, -0.2) is 17.1 Å². The summed E-state index contributed by atoms with van der Waals surface area (Å²) in [6.07, 6.45) is 3.58. The Hall–Kier alpha value is -1.71. The van der Waals surface area contributed by atoms with E-state index in [1.54, 1.807) is 6.08 Å². The zero-order valence-electron chi connectivity index (χ0n) is 8.50. The molecule has 1 atom stereocenters. The summed E-state index contributed by atoms with van der Waals surface area (Å²) in [6.45, 7) is 10.7. The molecule has 78 valence electrons. The van der Waals surface area contributed by atoms with Crippen molar-refractivity contribution in [1.29, 1.82) is 0 Å². The number of hydrogen-bond acceptors (Lipinski definition) is 3. The van der Waals surface area contributed by atoms with Crippen LogP contribution in [0.4, 0.5) is 0 Å². The molecule has 0 heterocycles. The van der Waals surface area contributed by atoms with Crippen molar-refractivity contribution in [2.75, 3.05) is 0 Å². The van der Waals surface area contributed by atoms with Gasteiger partial charge in [-0.3, -0.25) is 4.79 Å². The van der Waals surface area contributed by atoms with Crippen LogP contribution in [0.5, 0.6) is 0 Å². The Bertz CT molecular complexity index is 269. The minimum absolute atomic E-state index is 0.419. The van der Waals surface area contributed by atoms with E-state index in [1.807, 2.05) is 13.0 Å². The first-order chi connectivity index (χ1) is 6.47. The molecule has 0 aromatic heterocycles. The monoisotopic (exact) mass is 196 g/mol. The Kier molecular flexibility index (Phi) is 5.14. The number of aliphatic carboxylic acids is 1. The summed E-state index contributed by atoms with van der Waals surface area (Å²) in [5.74, 6) is -0.507. The molecule has 0 aromatic carbocycles. The van der Waals surface area contributed by atoms with E-state index < -0.39 is 12.0 Å². The Morgan fingerprint density at radius 2 is 2.07 bits per heavy atom. The van der Waals surface area contributed by atoms with Crippen LogP contribution >= 0.6 is 0 Å². The summed E-state index contributed by atoms with van der Waals surface area (Å²) in [5.41, 5.74) is 0.655. The van der Waals surface area contributed by atoms with Gasteiger partial charge in [-0.25, -0.2) is 0 Å². The molecule has 0 aromatic rings. The summed E-state index contributed by atoms with van der Waals surface area (Å²) in [5, 5.41) is 14.1. The molecule has 0 aliphatic rings. The molecule has 0 amide bonds. The van der Waals surface area contributed by atoms with Gasteiger partial charge >= 0.3 is 5.97 Å². The van der Waals surface area contributed by atoms with Gasteiger partial charge in [0.2, 0.25) is 0 Å². The number of allylic oxidation sites excluding steroid dienone is 2. The maximum absolute atomic E-state index is 10.5. The molecule has 0 aliphatic carbocycles. The van der Waals surface area contributed by atoms with Crippen molar-refractivity contribution < 1.29 is 9.90 Å². The predicted octanol–water partition coefficient (Wildman–Crippen LogP) is 1.20. The normalized spacial score (nSPS) is 12.1. The Morgan fingerprint density at radius 1 is 1.50 bits per heavy atom. The first kappa shape index (κ1) is 12.3. The lowest BCUT2D eigenvalue weighted by atomic mass is 10.3. The van der Waals surface area contributed by atoms with Gasteiger partial charge in [0.1, 0.15) is 6.04 Å². The topological polar surface area (TPSA) is 61.4 Å². The van der Waals surface area contributed by atoms with Crippen molar-refractivity contribution in [2.45, 2.75) is 19.9 Å². The van der Waals surface area contributed by atoms with Crippen molar-refractivity contribution in [2.24, 2.45) is 0 Å². The number of carboxylic acids is 1. The molecule has 0 spiro atoms. The molecule has 0 radical (unpaired) electrons. The molecule has 4 heteroatoms. The lowest BCUT2D eigenvalue weighted by Crippen LogP contribution is -2.37. The maximum atomic E-state index is 10.5. The molecule has 4 nitrogen and oxygen atoms in total. The molecule has 0 fully saturated rings. The van der Waals surface area contributed by atoms with Gasteiger partial charge in [0.15, 0.2) is 0 Å². The van der Waals surface area contributed by atoms with Gasteiger partial charge < -0.3 is 15.7 Å². The zero-order chi connectivity index (χ0) is 11.1. The molecule has 0 saturated heterocycles. The molecule has 3 N–H and O–H groups in total. The first-order valence-electron chi connectivity index (χ1n) is 4.24. The smallest absolute Gasteiger partial charge is 0.325 e. The van der Waals surface area contributed by atoms with E-state index >= 15 is 0 Å². The fraction of sp³-hybridized carbons (Fsp3) is 0.300. The molecule has 0 unspecified atom stereocenters. The van der Waals surface area contributed by atoms with Crippen LogP contribution < -0.4 is 10.6 Å². The van der Waals surface area contributed by atoms with E-state index in [-0.39, 0.29) is 0 Å². The van der Waals surface area contributed by atoms with Gasteiger partial charge in [-0.05, 0) is 19.9 Å². The summed E-state index contributed by atoms with van der Waals surface area (Å²) >= 11 is 0. The van der Waals surface area contributed by atoms with Crippen LogP contribution in [0.2, 0.25) is 0 Å². The second kappa shape index (κ2) is 5.85. The van der Waals surface area contributed by atoms with Gasteiger partial charge in [-0.15, -0.1) is 0 Å². The molecule has 0 saturated carbocycles. The summed E-state index contributed by atoms with van der Waals surface area (Å²) in [7, 11) is 0. The van der Waals surface area contributed by atoms with Gasteiger partial charge in [-0.2, -0.15) is 0 Å². The van der Waals surface area contributed by atoms with E-state index in [1.165, 1.54) is 6.92 Å². The van der Waals surface area contributed by atoms with E-state index in [2.05, 4.69) is 23.8 Å². The molecular weight excluding hydrogens is 180 g/mol. The van der Waals surface area contributed by atoms with Crippen molar-refractivity contribution >= 4 is 5.97 Å².